The van der Waals surface area contributed by atoms with Crippen LogP contribution in [-0.4, -0.2) is 16.8 Å². The van der Waals surface area contributed by atoms with Gasteiger partial charge in [-0.15, -0.1) is 0 Å². The van der Waals surface area contributed by atoms with Crippen molar-refractivity contribution < 1.29 is 14.6 Å². The van der Waals surface area contributed by atoms with Crippen LogP contribution < -0.4 is 5.73 Å². The van der Waals surface area contributed by atoms with Crippen LogP contribution >= 0.6 is 0 Å². The van der Waals surface area contributed by atoms with Crippen LogP contribution in [0.5, 0.6) is 5.75 Å². The van der Waals surface area contributed by atoms with Gasteiger partial charge in [-0.1, -0.05) is 0 Å². The highest BCUT2D eigenvalue weighted by Gasteiger charge is 2.23. The van der Waals surface area contributed by atoms with E-state index in [0.717, 1.165) is 12.1 Å². The summed E-state index contributed by atoms with van der Waals surface area (Å²) in [4.78, 5) is 0. The van der Waals surface area contributed by atoms with Crippen molar-refractivity contribution in [2.24, 2.45) is 5.73 Å². The number of phenols is 1. The van der Waals surface area contributed by atoms with Gasteiger partial charge >= 0.3 is 0 Å². The molecule has 0 radical (unpaired) electrons. The van der Waals surface area contributed by atoms with E-state index in [1.807, 2.05) is 0 Å². The fourth-order valence-corrected chi connectivity index (χ4v) is 1.05. The van der Waals surface area contributed by atoms with Crippen molar-refractivity contribution in [3.05, 3.63) is 29.6 Å². The zero-order chi connectivity index (χ0) is 10.1. The minimum atomic E-state index is -1.12. The maximum atomic E-state index is 12.8. The molecule has 72 valence electrons. The summed E-state index contributed by atoms with van der Waals surface area (Å²) in [6.45, 7) is 1.16. The number of rotatable bonds is 2. The molecule has 0 saturated carbocycles. The molecule has 1 atom stereocenters. The predicted molar refractivity (Wildman–Crippen MR) is 46.7 cm³/mol. The smallest absolute Gasteiger partial charge is 0.123 e. The van der Waals surface area contributed by atoms with Crippen molar-refractivity contribution in [3.8, 4) is 5.75 Å². The molecular weight excluding hydrogens is 173 g/mol. The van der Waals surface area contributed by atoms with Crippen molar-refractivity contribution in [1.29, 1.82) is 0 Å². The lowest BCUT2D eigenvalue weighted by atomic mass is 9.93. The van der Waals surface area contributed by atoms with E-state index < -0.39 is 11.4 Å². The number of aliphatic hydroxyl groups excluding tert-OH is 1. The predicted octanol–water partition coefficient (Wildman–Crippen LogP) is 0.698. The van der Waals surface area contributed by atoms with Crippen LogP contribution in [-0.2, 0) is 5.54 Å². The molecule has 0 aliphatic rings. The number of hydrogen-bond donors (Lipinski definition) is 3. The summed E-state index contributed by atoms with van der Waals surface area (Å²) in [6.07, 6.45) is 0. The quantitative estimate of drug-likeness (QED) is 0.635. The first-order valence-corrected chi connectivity index (χ1v) is 3.86. The van der Waals surface area contributed by atoms with Gasteiger partial charge in [-0.3, -0.25) is 0 Å². The standard InChI is InChI=1S/C9H12FNO2/c1-9(11,5-12)7-4-6(10)2-3-8(7)13/h2-4,12-13H,5,11H2,1H3. The first-order valence-electron chi connectivity index (χ1n) is 3.86. The van der Waals surface area contributed by atoms with Gasteiger partial charge in [0.2, 0.25) is 0 Å². The van der Waals surface area contributed by atoms with Gasteiger partial charge < -0.3 is 15.9 Å². The van der Waals surface area contributed by atoms with Gasteiger partial charge in [-0.25, -0.2) is 4.39 Å². The molecule has 1 unspecified atom stereocenters. The number of benzene rings is 1. The van der Waals surface area contributed by atoms with E-state index in [0.29, 0.717) is 0 Å². The third-order valence-electron chi connectivity index (χ3n) is 1.90. The van der Waals surface area contributed by atoms with Crippen molar-refractivity contribution in [3.63, 3.8) is 0 Å². The maximum Gasteiger partial charge on any atom is 0.123 e. The normalized spacial score (nSPS) is 15.4. The van der Waals surface area contributed by atoms with Gasteiger partial charge in [-0.05, 0) is 25.1 Å². The Morgan fingerprint density at radius 3 is 2.69 bits per heavy atom. The Morgan fingerprint density at radius 2 is 2.15 bits per heavy atom. The fraction of sp³-hybridized carbons (Fsp3) is 0.333. The van der Waals surface area contributed by atoms with Crippen LogP contribution in [0.15, 0.2) is 18.2 Å². The monoisotopic (exact) mass is 185 g/mol. The fourth-order valence-electron chi connectivity index (χ4n) is 1.05. The molecule has 0 aliphatic heterocycles. The van der Waals surface area contributed by atoms with Gasteiger partial charge in [0, 0.05) is 5.56 Å². The first kappa shape index (κ1) is 9.95. The highest BCUT2D eigenvalue weighted by molar-refractivity contribution is 5.37. The number of phenolic OH excluding ortho intramolecular Hbond substituents is 1. The summed E-state index contributed by atoms with van der Waals surface area (Å²) >= 11 is 0. The molecule has 0 bridgehead atoms. The second kappa shape index (κ2) is 3.32. The summed E-state index contributed by atoms with van der Waals surface area (Å²) in [5, 5.41) is 18.2. The molecule has 4 N–H and O–H groups in total. The third-order valence-corrected chi connectivity index (χ3v) is 1.90. The van der Waals surface area contributed by atoms with Gasteiger partial charge in [-0.2, -0.15) is 0 Å². The molecule has 0 saturated heterocycles. The van der Waals surface area contributed by atoms with Gasteiger partial charge in [0.25, 0.3) is 0 Å². The second-order valence-electron chi connectivity index (χ2n) is 3.24. The SMILES string of the molecule is CC(N)(CO)c1cc(F)ccc1O. The lowest BCUT2D eigenvalue weighted by Gasteiger charge is -2.23. The highest BCUT2D eigenvalue weighted by atomic mass is 19.1. The number of aromatic hydroxyl groups is 1. The third kappa shape index (κ3) is 1.96. The highest BCUT2D eigenvalue weighted by Crippen LogP contribution is 2.27. The van der Waals surface area contributed by atoms with E-state index in [1.165, 1.54) is 13.0 Å². The Bertz CT molecular complexity index is 312. The average Bonchev–Trinajstić information content (AvgIpc) is 2.09. The summed E-state index contributed by atoms with van der Waals surface area (Å²) < 4.78 is 12.8. The Hall–Kier alpha value is -1.13. The molecule has 0 aromatic heterocycles. The second-order valence-corrected chi connectivity index (χ2v) is 3.24. The van der Waals surface area contributed by atoms with Crippen LogP contribution in [0.1, 0.15) is 12.5 Å². The van der Waals surface area contributed by atoms with E-state index in [2.05, 4.69) is 0 Å². The molecule has 0 amide bonds. The molecule has 0 spiro atoms. The van der Waals surface area contributed by atoms with E-state index in [-0.39, 0.29) is 17.9 Å². The number of hydrogen-bond acceptors (Lipinski definition) is 3. The Kier molecular flexibility index (Phi) is 2.54. The number of nitrogens with two attached hydrogens (primary N) is 1. The lowest BCUT2D eigenvalue weighted by Crippen LogP contribution is -2.37. The molecule has 0 heterocycles. The summed E-state index contributed by atoms with van der Waals surface area (Å²) in [6, 6.07) is 3.46. The van der Waals surface area contributed by atoms with Crippen LogP contribution in [0.25, 0.3) is 0 Å². The molecule has 4 heteroatoms. The van der Waals surface area contributed by atoms with Gasteiger partial charge in [0.15, 0.2) is 0 Å². The molecule has 1 aromatic rings. The van der Waals surface area contributed by atoms with E-state index in [4.69, 9.17) is 10.8 Å². The molecule has 0 aliphatic carbocycles. The van der Waals surface area contributed by atoms with Gasteiger partial charge in [0.05, 0.1) is 12.1 Å². The Balaban J connectivity index is 3.20. The van der Waals surface area contributed by atoms with Crippen molar-refractivity contribution in [2.45, 2.75) is 12.5 Å². The van der Waals surface area contributed by atoms with E-state index in [1.54, 1.807) is 0 Å². The molecule has 13 heavy (non-hydrogen) atoms. The molecule has 3 nitrogen and oxygen atoms in total. The topological polar surface area (TPSA) is 66.5 Å². The van der Waals surface area contributed by atoms with Gasteiger partial charge in [0.1, 0.15) is 11.6 Å². The largest absolute Gasteiger partial charge is 0.508 e. The maximum absolute atomic E-state index is 12.8. The summed E-state index contributed by atoms with van der Waals surface area (Å²) in [5.74, 6) is -0.599. The zero-order valence-corrected chi connectivity index (χ0v) is 7.29. The van der Waals surface area contributed by atoms with E-state index in [9.17, 15) is 9.50 Å². The Morgan fingerprint density at radius 1 is 1.54 bits per heavy atom. The summed E-state index contributed by atoms with van der Waals surface area (Å²) in [7, 11) is 0. The van der Waals surface area contributed by atoms with Crippen LogP contribution in [0.4, 0.5) is 4.39 Å². The Labute approximate surface area is 75.6 Å². The summed E-state index contributed by atoms with van der Waals surface area (Å²) in [5.41, 5.74) is 4.72. The number of halogens is 1. The minimum Gasteiger partial charge on any atom is -0.508 e. The van der Waals surface area contributed by atoms with Crippen molar-refractivity contribution >= 4 is 0 Å². The minimum absolute atomic E-state index is 0.111. The molecule has 1 rings (SSSR count). The molecule has 1 aromatic carbocycles. The van der Waals surface area contributed by atoms with Crippen molar-refractivity contribution in [2.75, 3.05) is 6.61 Å². The van der Waals surface area contributed by atoms with Crippen LogP contribution in [0, 0.1) is 5.82 Å². The van der Waals surface area contributed by atoms with Crippen LogP contribution in [0.2, 0.25) is 0 Å². The zero-order valence-electron chi connectivity index (χ0n) is 7.29. The lowest BCUT2D eigenvalue weighted by molar-refractivity contribution is 0.206. The first-order chi connectivity index (χ1) is 5.97. The number of aliphatic hydroxyl groups is 1. The van der Waals surface area contributed by atoms with Crippen molar-refractivity contribution in [1.82, 2.24) is 0 Å². The van der Waals surface area contributed by atoms with Crippen LogP contribution in [0.3, 0.4) is 0 Å². The van der Waals surface area contributed by atoms with E-state index >= 15 is 0 Å². The average molecular weight is 185 g/mol. The molecular formula is C9H12FNO2. The molecule has 0 fully saturated rings.